The van der Waals surface area contributed by atoms with Gasteiger partial charge in [0.2, 0.25) is 5.91 Å². The fourth-order valence-corrected chi connectivity index (χ4v) is 9.30. The van der Waals surface area contributed by atoms with Gasteiger partial charge in [-0.15, -0.1) is 0 Å². The molecule has 3 aromatic heterocycles. The van der Waals surface area contributed by atoms with Crippen molar-refractivity contribution >= 4 is 34.8 Å². The number of methoxy groups -OCH3 is 2. The molecule has 4 amide bonds. The Labute approximate surface area is 370 Å². The van der Waals surface area contributed by atoms with Crippen LogP contribution >= 0.6 is 0 Å². The summed E-state index contributed by atoms with van der Waals surface area (Å²) in [6.07, 6.45) is 8.63. The zero-order chi connectivity index (χ0) is 44.2. The van der Waals surface area contributed by atoms with Crippen LogP contribution in [0.3, 0.4) is 0 Å². The predicted octanol–water partition coefficient (Wildman–Crippen LogP) is 7.26. The number of alkyl carbamates (subject to hydrolysis) is 2. The van der Waals surface area contributed by atoms with Gasteiger partial charge in [-0.1, -0.05) is 54.6 Å². The zero-order valence-corrected chi connectivity index (χ0v) is 35.8. The van der Waals surface area contributed by atoms with E-state index in [0.29, 0.717) is 50.5 Å². The topological polar surface area (TPSA) is 197 Å². The third-order valence-electron chi connectivity index (χ3n) is 12.7. The van der Waals surface area contributed by atoms with Crippen LogP contribution in [0.2, 0.25) is 0 Å². The highest BCUT2D eigenvalue weighted by Crippen LogP contribution is 2.36. The number of H-pyrrole nitrogens is 2. The number of likely N-dealkylation sites (tertiary alicyclic amines) is 2. The lowest BCUT2D eigenvalue weighted by Gasteiger charge is -2.34. The molecule has 0 spiro atoms. The van der Waals surface area contributed by atoms with Crippen molar-refractivity contribution in [2.24, 2.45) is 5.92 Å². The van der Waals surface area contributed by atoms with E-state index in [1.807, 2.05) is 59.8 Å². The van der Waals surface area contributed by atoms with Gasteiger partial charge in [-0.25, -0.2) is 19.6 Å². The number of rotatable bonds is 11. The minimum atomic E-state index is -0.892. The Bertz CT molecular complexity index is 2620. The van der Waals surface area contributed by atoms with E-state index in [0.717, 1.165) is 76.1 Å². The number of nitrogens with zero attached hydrogens (tertiary/aromatic N) is 5. The summed E-state index contributed by atoms with van der Waals surface area (Å²) in [6.45, 7) is 2.23. The van der Waals surface area contributed by atoms with Gasteiger partial charge in [0.25, 0.3) is 5.91 Å². The number of imidazole rings is 2. The molecule has 4 N–H and O–H groups in total. The molecule has 0 bridgehead atoms. The second-order valence-electron chi connectivity index (χ2n) is 16.5. The third kappa shape index (κ3) is 8.78. The van der Waals surface area contributed by atoms with E-state index in [-0.39, 0.29) is 29.8 Å². The Morgan fingerprint density at radius 3 is 1.86 bits per heavy atom. The molecule has 6 heterocycles. The van der Waals surface area contributed by atoms with Gasteiger partial charge in [0.1, 0.15) is 23.7 Å². The second-order valence-corrected chi connectivity index (χ2v) is 16.5. The number of pyridine rings is 1. The summed E-state index contributed by atoms with van der Waals surface area (Å²) in [6, 6.07) is 23.6. The van der Waals surface area contributed by atoms with E-state index in [4.69, 9.17) is 29.2 Å². The molecular formula is C48H51N9O7. The maximum atomic E-state index is 14.0. The molecular weight excluding hydrogens is 815 g/mol. The van der Waals surface area contributed by atoms with E-state index in [9.17, 15) is 19.2 Å². The molecule has 0 unspecified atom stereocenters. The molecule has 3 aliphatic heterocycles. The summed E-state index contributed by atoms with van der Waals surface area (Å²) in [7, 11) is 2.58. The largest absolute Gasteiger partial charge is 0.453 e. The molecule has 0 saturated carbocycles. The molecule has 0 radical (unpaired) electrons. The van der Waals surface area contributed by atoms with Crippen molar-refractivity contribution in [1.29, 1.82) is 0 Å². The lowest BCUT2D eigenvalue weighted by atomic mass is 9.90. The molecule has 6 aromatic rings. The minimum Gasteiger partial charge on any atom is -0.453 e. The standard InChI is InChI=1S/C48H51N9O7/c1-62-47(60)54-41(29-8-4-3-5-9-29)45(58)56-20-7-11-40(56)44-51-28-38(53-44)35-16-17-36(49-26-35)33-14-12-32-25-34(15-13-31(32)24-33)37-27-50-43(52-37)39-10-6-21-57(39)46(59)42(55-48(61)63-2)30-18-22-64-23-19-30/h3-5,8-9,12-17,24-28,30,39-42H,6-7,10-11,18-23H2,1-2H3,(H,50,52)(H,51,53)(H,54,60)(H,55,61)/t39-,40-,41+,42-/m0/s1. The van der Waals surface area contributed by atoms with Crippen LogP contribution in [0.1, 0.15) is 73.9 Å². The van der Waals surface area contributed by atoms with Crippen LogP contribution in [0.25, 0.3) is 44.5 Å². The maximum Gasteiger partial charge on any atom is 0.407 e. The summed E-state index contributed by atoms with van der Waals surface area (Å²) in [5.41, 5.74) is 5.94. The maximum absolute atomic E-state index is 14.0. The fraction of sp³-hybridized carbons (Fsp3) is 0.354. The van der Waals surface area contributed by atoms with Crippen molar-refractivity contribution in [2.75, 3.05) is 40.5 Å². The van der Waals surface area contributed by atoms with Crippen molar-refractivity contribution in [3.63, 3.8) is 0 Å². The van der Waals surface area contributed by atoms with E-state index in [1.165, 1.54) is 14.2 Å². The number of fused-ring (bicyclic) bond motifs is 1. The summed E-state index contributed by atoms with van der Waals surface area (Å²) in [5, 5.41) is 7.64. The van der Waals surface area contributed by atoms with Gasteiger partial charge in [-0.3, -0.25) is 14.6 Å². The van der Waals surface area contributed by atoms with Crippen molar-refractivity contribution in [3.8, 4) is 33.8 Å². The number of carbonyl (C=O) groups is 4. The Hall–Kier alpha value is -7.07. The van der Waals surface area contributed by atoms with Gasteiger partial charge in [-0.05, 0) is 85.0 Å². The van der Waals surface area contributed by atoms with Crippen LogP contribution in [-0.2, 0) is 23.8 Å². The Morgan fingerprint density at radius 2 is 1.23 bits per heavy atom. The first-order valence-electron chi connectivity index (χ1n) is 21.8. The molecule has 4 atom stereocenters. The number of nitrogens with one attached hydrogen (secondary N) is 4. The molecule has 3 aromatic carbocycles. The number of aromatic nitrogens is 5. The van der Waals surface area contributed by atoms with Crippen molar-refractivity contribution in [2.45, 2.75) is 62.7 Å². The summed E-state index contributed by atoms with van der Waals surface area (Å²) < 4.78 is 15.2. The quantitative estimate of drug-likeness (QED) is 0.103. The molecule has 330 valence electrons. The van der Waals surface area contributed by atoms with E-state index >= 15 is 0 Å². The van der Waals surface area contributed by atoms with Crippen LogP contribution in [0.5, 0.6) is 0 Å². The van der Waals surface area contributed by atoms with E-state index in [2.05, 4.69) is 57.0 Å². The van der Waals surface area contributed by atoms with Crippen LogP contribution in [0, 0.1) is 5.92 Å². The molecule has 16 heteroatoms. The monoisotopic (exact) mass is 865 g/mol. The first-order valence-corrected chi connectivity index (χ1v) is 21.8. The Morgan fingerprint density at radius 1 is 0.656 bits per heavy atom. The molecule has 9 rings (SSSR count). The van der Waals surface area contributed by atoms with Crippen molar-refractivity contribution in [1.82, 2.24) is 45.4 Å². The van der Waals surface area contributed by atoms with Gasteiger partial charge in [0, 0.05) is 49.2 Å². The van der Waals surface area contributed by atoms with Crippen LogP contribution < -0.4 is 10.6 Å². The lowest BCUT2D eigenvalue weighted by molar-refractivity contribution is -0.137. The van der Waals surface area contributed by atoms with Crippen LogP contribution in [0.4, 0.5) is 9.59 Å². The Kier molecular flexibility index (Phi) is 12.4. The summed E-state index contributed by atoms with van der Waals surface area (Å²) >= 11 is 0. The normalized spacial score (nSPS) is 18.7. The first kappa shape index (κ1) is 42.2. The molecule has 0 aliphatic carbocycles. The highest BCUT2D eigenvalue weighted by Gasteiger charge is 2.40. The third-order valence-corrected chi connectivity index (χ3v) is 12.7. The Balaban J connectivity index is 0.868. The van der Waals surface area contributed by atoms with Crippen molar-refractivity contribution < 1.29 is 33.4 Å². The molecule has 3 saturated heterocycles. The number of aromatic amines is 2. The van der Waals surface area contributed by atoms with Gasteiger partial charge in [-0.2, -0.15) is 0 Å². The molecule has 3 fully saturated rings. The highest BCUT2D eigenvalue weighted by molar-refractivity contribution is 5.91. The predicted molar refractivity (Wildman–Crippen MR) is 237 cm³/mol. The number of amides is 4. The summed E-state index contributed by atoms with van der Waals surface area (Å²) in [4.78, 5) is 77.3. The average Bonchev–Trinajstić information content (AvgIpc) is 4.20. The van der Waals surface area contributed by atoms with Gasteiger partial charge in [0.15, 0.2) is 0 Å². The number of ether oxygens (including phenoxy) is 3. The van der Waals surface area contributed by atoms with Gasteiger partial charge >= 0.3 is 12.2 Å². The number of carbonyl (C=O) groups excluding carboxylic acids is 4. The fourth-order valence-electron chi connectivity index (χ4n) is 9.30. The molecule has 3 aliphatic rings. The van der Waals surface area contributed by atoms with Crippen LogP contribution in [0.15, 0.2) is 97.5 Å². The smallest absolute Gasteiger partial charge is 0.407 e. The van der Waals surface area contributed by atoms with Crippen molar-refractivity contribution in [3.05, 3.63) is 115 Å². The average molecular weight is 866 g/mol. The van der Waals surface area contributed by atoms with Crippen LogP contribution in [-0.4, -0.2) is 105 Å². The summed E-state index contributed by atoms with van der Waals surface area (Å²) in [5.74, 6) is 1.02. The lowest BCUT2D eigenvalue weighted by Crippen LogP contribution is -2.53. The zero-order valence-electron chi connectivity index (χ0n) is 35.8. The SMILES string of the molecule is COC(=O)N[C@H](C(=O)N1CCC[C@H]1c1ncc(-c2ccc3cc(-c4ccc(-c5cnc([C@@H]6CCCN6C(=O)[C@H](NC(=O)OC)c6ccccc6)[nH]5)cn4)ccc3c2)[nH]1)C1CCOCC1. The van der Waals surface area contributed by atoms with E-state index in [1.54, 1.807) is 11.1 Å². The second kappa shape index (κ2) is 18.7. The highest BCUT2D eigenvalue weighted by atomic mass is 16.5. The minimum absolute atomic E-state index is 0.0344. The number of hydrogen-bond acceptors (Lipinski definition) is 10. The van der Waals surface area contributed by atoms with E-state index < -0.39 is 24.3 Å². The van der Waals surface area contributed by atoms with Gasteiger partial charge < -0.3 is 44.6 Å². The molecule has 16 nitrogen and oxygen atoms in total. The molecule has 64 heavy (non-hydrogen) atoms. The first-order chi connectivity index (χ1) is 31.3. The number of hydrogen-bond donors (Lipinski definition) is 4. The van der Waals surface area contributed by atoms with Gasteiger partial charge in [0.05, 0.1) is 55.8 Å². The number of benzene rings is 3.